The first-order valence-electron chi connectivity index (χ1n) is 11.1. The Morgan fingerprint density at radius 3 is 2.06 bits per heavy atom. The lowest BCUT2D eigenvalue weighted by molar-refractivity contribution is -0.136. The fourth-order valence-electron chi connectivity index (χ4n) is 2.79. The van der Waals surface area contributed by atoms with Crippen molar-refractivity contribution in [3.63, 3.8) is 0 Å². The third-order valence-electron chi connectivity index (χ3n) is 4.55. The van der Waals surface area contributed by atoms with Crippen LogP contribution < -0.4 is 25.5 Å². The zero-order chi connectivity index (χ0) is 25.8. The molecule has 0 radical (unpaired) electrons. The van der Waals surface area contributed by atoms with Gasteiger partial charge in [0, 0.05) is 15.8 Å². The van der Waals surface area contributed by atoms with Crippen LogP contribution in [0.2, 0.25) is 0 Å². The fourth-order valence-corrected chi connectivity index (χ4v) is 3.05. The van der Waals surface area contributed by atoms with Gasteiger partial charge in [-0.05, 0) is 84.8 Å². The van der Waals surface area contributed by atoms with E-state index in [0.717, 1.165) is 10.9 Å². The number of benzene rings is 3. The van der Waals surface area contributed by atoms with Crippen LogP contribution in [0.1, 0.15) is 18.9 Å². The van der Waals surface area contributed by atoms with Crippen molar-refractivity contribution < 1.29 is 23.9 Å². The Kier molecular flexibility index (Phi) is 10.0. The summed E-state index contributed by atoms with van der Waals surface area (Å²) in [7, 11) is 0. The second-order valence-electron chi connectivity index (χ2n) is 7.44. The van der Waals surface area contributed by atoms with E-state index in [1.165, 1.54) is 6.21 Å². The Balaban J connectivity index is 1.40. The summed E-state index contributed by atoms with van der Waals surface area (Å²) in [6.45, 7) is 2.46. The first-order valence-corrected chi connectivity index (χ1v) is 11.9. The highest BCUT2D eigenvalue weighted by atomic mass is 79.9. The minimum absolute atomic E-state index is 0.150. The average Bonchev–Trinajstić information content (AvgIpc) is 2.89. The lowest BCUT2D eigenvalue weighted by Gasteiger charge is -2.08. The number of nitrogens with one attached hydrogen (secondary N) is 3. The number of carbonyl (C=O) groups excluding carboxylic acids is 3. The second-order valence-corrected chi connectivity index (χ2v) is 8.35. The summed E-state index contributed by atoms with van der Waals surface area (Å²) in [5.41, 5.74) is 3.97. The summed E-state index contributed by atoms with van der Waals surface area (Å²) < 4.78 is 11.9. The summed E-state index contributed by atoms with van der Waals surface area (Å²) in [6.07, 6.45) is 2.28. The molecule has 0 aromatic heterocycles. The number of amides is 3. The molecule has 0 heterocycles. The van der Waals surface area contributed by atoms with E-state index in [4.69, 9.17) is 9.47 Å². The molecule has 0 aliphatic heterocycles. The number of rotatable bonds is 10. The third-order valence-corrected chi connectivity index (χ3v) is 5.08. The molecular weight excluding hydrogens is 528 g/mol. The Morgan fingerprint density at radius 1 is 0.806 bits per heavy atom. The van der Waals surface area contributed by atoms with Gasteiger partial charge < -0.3 is 20.1 Å². The number of anilines is 2. The molecule has 0 bridgehead atoms. The lowest BCUT2D eigenvalue weighted by atomic mass is 10.2. The maximum absolute atomic E-state index is 12.0. The van der Waals surface area contributed by atoms with E-state index in [1.54, 1.807) is 60.7 Å². The van der Waals surface area contributed by atoms with E-state index in [1.807, 2.05) is 19.1 Å². The quantitative estimate of drug-likeness (QED) is 0.196. The predicted molar refractivity (Wildman–Crippen MR) is 141 cm³/mol. The zero-order valence-corrected chi connectivity index (χ0v) is 21.1. The number of hydrazone groups is 1. The van der Waals surface area contributed by atoms with Gasteiger partial charge in [-0.3, -0.25) is 14.4 Å². The van der Waals surface area contributed by atoms with Crippen molar-refractivity contribution in [2.75, 3.05) is 23.8 Å². The van der Waals surface area contributed by atoms with Gasteiger partial charge in [0.25, 0.3) is 5.91 Å². The summed E-state index contributed by atoms with van der Waals surface area (Å²) in [5.74, 6) is -0.865. The van der Waals surface area contributed by atoms with Crippen LogP contribution in [0, 0.1) is 0 Å². The molecule has 0 spiro atoms. The van der Waals surface area contributed by atoms with Crippen molar-refractivity contribution in [1.29, 1.82) is 0 Å². The minimum Gasteiger partial charge on any atom is -0.494 e. The van der Waals surface area contributed by atoms with Crippen LogP contribution >= 0.6 is 15.9 Å². The summed E-state index contributed by atoms with van der Waals surface area (Å²) >= 11 is 3.34. The van der Waals surface area contributed by atoms with Crippen molar-refractivity contribution in [2.24, 2.45) is 5.10 Å². The molecule has 0 saturated heterocycles. The van der Waals surface area contributed by atoms with Crippen LogP contribution in [0.4, 0.5) is 11.4 Å². The van der Waals surface area contributed by atoms with E-state index in [-0.39, 0.29) is 12.5 Å². The Bertz CT molecular complexity index is 1200. The molecule has 0 fully saturated rings. The van der Waals surface area contributed by atoms with Crippen LogP contribution in [-0.4, -0.2) is 37.1 Å². The van der Waals surface area contributed by atoms with Crippen molar-refractivity contribution in [2.45, 2.75) is 13.3 Å². The molecule has 3 rings (SSSR count). The van der Waals surface area contributed by atoms with Crippen molar-refractivity contribution in [3.8, 4) is 11.5 Å². The van der Waals surface area contributed by atoms with Crippen LogP contribution in [0.25, 0.3) is 0 Å². The normalized spacial score (nSPS) is 10.5. The number of nitrogens with zero attached hydrogens (tertiary/aromatic N) is 1. The Morgan fingerprint density at radius 2 is 1.39 bits per heavy atom. The topological polar surface area (TPSA) is 118 Å². The van der Waals surface area contributed by atoms with Crippen molar-refractivity contribution in [1.82, 2.24) is 5.43 Å². The number of carbonyl (C=O) groups is 3. The summed E-state index contributed by atoms with van der Waals surface area (Å²) in [4.78, 5) is 36.0. The lowest BCUT2D eigenvalue weighted by Crippen LogP contribution is -2.32. The molecule has 9 nitrogen and oxygen atoms in total. The van der Waals surface area contributed by atoms with Gasteiger partial charge >= 0.3 is 11.8 Å². The van der Waals surface area contributed by atoms with Gasteiger partial charge in [0.2, 0.25) is 0 Å². The van der Waals surface area contributed by atoms with E-state index in [2.05, 4.69) is 37.1 Å². The van der Waals surface area contributed by atoms with Crippen LogP contribution in [0.3, 0.4) is 0 Å². The van der Waals surface area contributed by atoms with E-state index in [9.17, 15) is 14.4 Å². The van der Waals surface area contributed by atoms with Gasteiger partial charge in [0.15, 0.2) is 6.61 Å². The van der Waals surface area contributed by atoms with Gasteiger partial charge in [-0.2, -0.15) is 5.10 Å². The predicted octanol–water partition coefficient (Wildman–Crippen LogP) is 4.34. The van der Waals surface area contributed by atoms with Gasteiger partial charge in [-0.1, -0.05) is 22.9 Å². The standard InChI is InChI=1S/C26H25BrN4O5/c1-2-15-35-22-13-9-21(10-14-22)30-25(33)26(34)31-28-16-18-3-11-23(12-4-18)36-17-24(32)29-20-7-5-19(27)6-8-20/h3-14,16H,2,15,17H2,1H3,(H,29,32)(H,30,33)(H,31,34)/b28-16-. The molecule has 0 saturated carbocycles. The Hall–Kier alpha value is -4.18. The largest absolute Gasteiger partial charge is 0.494 e. The van der Waals surface area contributed by atoms with E-state index < -0.39 is 11.8 Å². The molecule has 3 aromatic rings. The molecule has 3 amide bonds. The SMILES string of the molecule is CCCOc1ccc(NC(=O)C(=O)N/N=C\c2ccc(OCC(=O)Nc3ccc(Br)cc3)cc2)cc1. The molecule has 3 aromatic carbocycles. The molecule has 36 heavy (non-hydrogen) atoms. The van der Waals surface area contributed by atoms with Crippen LogP contribution in [-0.2, 0) is 14.4 Å². The first-order chi connectivity index (χ1) is 17.4. The third kappa shape index (κ3) is 8.88. The molecule has 0 aliphatic rings. The van der Waals surface area contributed by atoms with Gasteiger partial charge in [-0.15, -0.1) is 0 Å². The molecule has 3 N–H and O–H groups in total. The average molecular weight is 553 g/mol. The minimum atomic E-state index is -0.908. The van der Waals surface area contributed by atoms with Gasteiger partial charge in [-0.25, -0.2) is 5.43 Å². The van der Waals surface area contributed by atoms with Crippen LogP contribution in [0.5, 0.6) is 11.5 Å². The van der Waals surface area contributed by atoms with Gasteiger partial charge in [0.1, 0.15) is 11.5 Å². The molecule has 0 atom stereocenters. The van der Waals surface area contributed by atoms with E-state index >= 15 is 0 Å². The maximum Gasteiger partial charge on any atom is 0.329 e. The molecule has 0 unspecified atom stereocenters. The molecule has 0 aliphatic carbocycles. The first kappa shape index (κ1) is 26.4. The molecular formula is C26H25BrN4O5. The highest BCUT2D eigenvalue weighted by Gasteiger charge is 2.13. The summed E-state index contributed by atoms with van der Waals surface area (Å²) in [5, 5.41) is 9.02. The van der Waals surface area contributed by atoms with Crippen LogP contribution in [0.15, 0.2) is 82.4 Å². The van der Waals surface area contributed by atoms with Gasteiger partial charge in [0.05, 0.1) is 12.8 Å². The highest BCUT2D eigenvalue weighted by molar-refractivity contribution is 9.10. The molecule has 10 heteroatoms. The number of ether oxygens (including phenoxy) is 2. The highest BCUT2D eigenvalue weighted by Crippen LogP contribution is 2.16. The second kappa shape index (κ2) is 13.6. The monoisotopic (exact) mass is 552 g/mol. The van der Waals surface area contributed by atoms with E-state index in [0.29, 0.717) is 35.0 Å². The Labute approximate surface area is 217 Å². The summed E-state index contributed by atoms with van der Waals surface area (Å²) in [6, 6.07) is 20.6. The van der Waals surface area contributed by atoms with Crippen molar-refractivity contribution in [3.05, 3.63) is 82.8 Å². The maximum atomic E-state index is 12.0. The zero-order valence-electron chi connectivity index (χ0n) is 19.5. The number of hydrogen-bond acceptors (Lipinski definition) is 6. The molecule has 186 valence electrons. The smallest absolute Gasteiger partial charge is 0.329 e. The fraction of sp³-hybridized carbons (Fsp3) is 0.154. The number of halogens is 1. The van der Waals surface area contributed by atoms with Crippen molar-refractivity contribution >= 4 is 51.2 Å². The number of hydrogen-bond donors (Lipinski definition) is 3.